The SMILES string of the molecule is CC(OC(=O)c1cc(-c2ccccc2)c(N2CCOCC2)s1)C(=O)Nc1ccc(F)c([N+](=O)[O-])c1. The molecular formula is C24H22FN3O6S. The third-order valence-corrected chi connectivity index (χ3v) is 6.54. The standard InChI is InChI=1S/C24H22FN3O6S/c1-15(22(29)26-17-7-8-19(25)20(13-17)28(31)32)34-24(30)21-14-18(16-5-3-2-4-6-16)23(35-21)27-9-11-33-12-10-27/h2-8,13-15H,9-12H2,1H3,(H,26,29). The highest BCUT2D eigenvalue weighted by molar-refractivity contribution is 7.18. The molecule has 9 nitrogen and oxygen atoms in total. The number of esters is 1. The maximum Gasteiger partial charge on any atom is 0.349 e. The molecule has 0 radical (unpaired) electrons. The Morgan fingerprint density at radius 1 is 1.17 bits per heavy atom. The highest BCUT2D eigenvalue weighted by atomic mass is 32.1. The zero-order valence-electron chi connectivity index (χ0n) is 18.7. The maximum atomic E-state index is 13.5. The average molecular weight is 500 g/mol. The van der Waals surface area contributed by atoms with Gasteiger partial charge in [-0.1, -0.05) is 30.3 Å². The molecule has 11 heteroatoms. The molecule has 0 aliphatic carbocycles. The zero-order valence-corrected chi connectivity index (χ0v) is 19.5. The van der Waals surface area contributed by atoms with Crippen LogP contribution in [0.1, 0.15) is 16.6 Å². The molecule has 35 heavy (non-hydrogen) atoms. The molecule has 2 heterocycles. The van der Waals surface area contributed by atoms with Crippen LogP contribution < -0.4 is 10.2 Å². The number of hydrogen-bond donors (Lipinski definition) is 1. The number of halogens is 1. The van der Waals surface area contributed by atoms with Crippen molar-refractivity contribution in [1.29, 1.82) is 0 Å². The molecule has 1 fully saturated rings. The van der Waals surface area contributed by atoms with Crippen LogP contribution in [-0.2, 0) is 14.3 Å². The number of nitro groups is 1. The molecule has 1 aliphatic heterocycles. The van der Waals surface area contributed by atoms with Gasteiger partial charge in [0.05, 0.1) is 23.1 Å². The van der Waals surface area contributed by atoms with E-state index in [9.17, 15) is 24.1 Å². The van der Waals surface area contributed by atoms with Crippen LogP contribution in [0.25, 0.3) is 11.1 Å². The summed E-state index contributed by atoms with van der Waals surface area (Å²) in [7, 11) is 0. The molecular weight excluding hydrogens is 477 g/mol. The van der Waals surface area contributed by atoms with Gasteiger partial charge in [-0.15, -0.1) is 11.3 Å². The van der Waals surface area contributed by atoms with Crippen molar-refractivity contribution in [1.82, 2.24) is 0 Å². The molecule has 1 saturated heterocycles. The molecule has 0 saturated carbocycles. The van der Waals surface area contributed by atoms with E-state index < -0.39 is 34.4 Å². The van der Waals surface area contributed by atoms with E-state index >= 15 is 0 Å². The summed E-state index contributed by atoms with van der Waals surface area (Å²) in [5, 5.41) is 14.2. The second kappa shape index (κ2) is 10.6. The lowest BCUT2D eigenvalue weighted by atomic mass is 10.1. The fraction of sp³-hybridized carbons (Fsp3) is 0.250. The second-order valence-electron chi connectivity index (χ2n) is 7.76. The fourth-order valence-electron chi connectivity index (χ4n) is 3.55. The Hall–Kier alpha value is -3.83. The van der Waals surface area contributed by atoms with Crippen LogP contribution in [0.3, 0.4) is 0 Å². The van der Waals surface area contributed by atoms with Crippen molar-refractivity contribution in [3.8, 4) is 11.1 Å². The fourth-order valence-corrected chi connectivity index (χ4v) is 4.67. The van der Waals surface area contributed by atoms with Crippen molar-refractivity contribution in [3.05, 3.63) is 75.4 Å². The Balaban J connectivity index is 1.50. The summed E-state index contributed by atoms with van der Waals surface area (Å²) in [6.45, 7) is 3.95. The number of nitrogens with zero attached hydrogens (tertiary/aromatic N) is 2. The number of nitrogens with one attached hydrogen (secondary N) is 1. The monoisotopic (exact) mass is 499 g/mol. The Bertz CT molecular complexity index is 1240. The second-order valence-corrected chi connectivity index (χ2v) is 8.79. The van der Waals surface area contributed by atoms with Crippen molar-refractivity contribution in [2.24, 2.45) is 0 Å². The summed E-state index contributed by atoms with van der Waals surface area (Å²) in [6.07, 6.45) is -1.19. The number of ether oxygens (including phenoxy) is 2. The number of benzene rings is 2. The van der Waals surface area contributed by atoms with E-state index in [-0.39, 0.29) is 5.69 Å². The third-order valence-electron chi connectivity index (χ3n) is 5.36. The number of thiophene rings is 1. The van der Waals surface area contributed by atoms with E-state index in [0.717, 1.165) is 28.3 Å². The molecule has 4 rings (SSSR count). The van der Waals surface area contributed by atoms with E-state index in [4.69, 9.17) is 9.47 Å². The Kier molecular flexibility index (Phi) is 7.37. The first-order chi connectivity index (χ1) is 16.8. The molecule has 1 unspecified atom stereocenters. The van der Waals surface area contributed by atoms with Crippen molar-refractivity contribution < 1.29 is 28.4 Å². The number of nitro benzene ring substituents is 1. The largest absolute Gasteiger partial charge is 0.448 e. The summed E-state index contributed by atoms with van der Waals surface area (Å²) in [4.78, 5) is 37.9. The number of morpholine rings is 1. The minimum Gasteiger partial charge on any atom is -0.448 e. The van der Waals surface area contributed by atoms with E-state index in [1.807, 2.05) is 30.3 Å². The van der Waals surface area contributed by atoms with Crippen LogP contribution in [0.2, 0.25) is 0 Å². The Morgan fingerprint density at radius 2 is 1.89 bits per heavy atom. The molecule has 1 N–H and O–H groups in total. The van der Waals surface area contributed by atoms with Crippen LogP contribution >= 0.6 is 11.3 Å². The van der Waals surface area contributed by atoms with Gasteiger partial charge in [-0.05, 0) is 30.7 Å². The normalized spacial score (nSPS) is 14.3. The van der Waals surface area contributed by atoms with Gasteiger partial charge in [0.2, 0.25) is 5.82 Å². The number of rotatable bonds is 7. The number of anilines is 2. The Labute approximate surface area is 204 Å². The summed E-state index contributed by atoms with van der Waals surface area (Å²) in [5.41, 5.74) is 1.09. The number of carbonyl (C=O) groups excluding carboxylic acids is 2. The van der Waals surface area contributed by atoms with Crippen molar-refractivity contribution in [3.63, 3.8) is 0 Å². The van der Waals surface area contributed by atoms with Crippen molar-refractivity contribution in [2.75, 3.05) is 36.5 Å². The van der Waals surface area contributed by atoms with Gasteiger partial charge in [-0.25, -0.2) is 4.79 Å². The van der Waals surface area contributed by atoms with Crippen LogP contribution in [0, 0.1) is 15.9 Å². The third kappa shape index (κ3) is 5.64. The van der Waals surface area contributed by atoms with Gasteiger partial charge in [0.15, 0.2) is 6.10 Å². The molecule has 1 amide bonds. The summed E-state index contributed by atoms with van der Waals surface area (Å²) in [5.74, 6) is -2.39. The van der Waals surface area contributed by atoms with Crippen LogP contribution in [0.15, 0.2) is 54.6 Å². The molecule has 1 atom stereocenters. The predicted octanol–water partition coefficient (Wildman–Crippen LogP) is 4.48. The predicted molar refractivity (Wildman–Crippen MR) is 129 cm³/mol. The maximum absolute atomic E-state index is 13.5. The summed E-state index contributed by atoms with van der Waals surface area (Å²) in [6, 6.07) is 14.4. The average Bonchev–Trinajstić information content (AvgIpc) is 3.32. The van der Waals surface area contributed by atoms with Gasteiger partial charge < -0.3 is 19.7 Å². The first-order valence-corrected chi connectivity index (χ1v) is 11.6. The van der Waals surface area contributed by atoms with Gasteiger partial charge in [-0.3, -0.25) is 14.9 Å². The zero-order chi connectivity index (χ0) is 24.9. The topological polar surface area (TPSA) is 111 Å². The molecule has 0 spiro atoms. The van der Waals surface area contributed by atoms with Gasteiger partial charge in [0.25, 0.3) is 5.91 Å². The van der Waals surface area contributed by atoms with E-state index in [1.54, 1.807) is 6.07 Å². The quantitative estimate of drug-likeness (QED) is 0.290. The molecule has 0 bridgehead atoms. The first-order valence-electron chi connectivity index (χ1n) is 10.8. The summed E-state index contributed by atoms with van der Waals surface area (Å²) >= 11 is 1.28. The van der Waals surface area contributed by atoms with Crippen LogP contribution in [0.4, 0.5) is 20.8 Å². The van der Waals surface area contributed by atoms with Crippen molar-refractivity contribution in [2.45, 2.75) is 13.0 Å². The van der Waals surface area contributed by atoms with E-state index in [1.165, 1.54) is 24.3 Å². The molecule has 182 valence electrons. The highest BCUT2D eigenvalue weighted by Crippen LogP contribution is 2.39. The Morgan fingerprint density at radius 3 is 2.57 bits per heavy atom. The first kappa shape index (κ1) is 24.3. The molecule has 1 aliphatic rings. The van der Waals surface area contributed by atoms with Gasteiger partial charge >= 0.3 is 11.7 Å². The minimum atomic E-state index is -1.19. The van der Waals surface area contributed by atoms with Gasteiger partial charge in [-0.2, -0.15) is 4.39 Å². The van der Waals surface area contributed by atoms with Crippen LogP contribution in [0.5, 0.6) is 0 Å². The van der Waals surface area contributed by atoms with Gasteiger partial charge in [0.1, 0.15) is 4.88 Å². The lowest BCUT2D eigenvalue weighted by molar-refractivity contribution is -0.387. The highest BCUT2D eigenvalue weighted by Gasteiger charge is 2.25. The summed E-state index contributed by atoms with van der Waals surface area (Å²) < 4.78 is 24.4. The van der Waals surface area contributed by atoms with Gasteiger partial charge in [0, 0.05) is 30.4 Å². The van der Waals surface area contributed by atoms with E-state index in [0.29, 0.717) is 31.2 Å². The minimum absolute atomic E-state index is 0.0168. The van der Waals surface area contributed by atoms with E-state index in [2.05, 4.69) is 10.2 Å². The molecule has 2 aromatic carbocycles. The number of carbonyl (C=O) groups is 2. The number of amides is 1. The van der Waals surface area contributed by atoms with Crippen LogP contribution in [-0.4, -0.2) is 49.2 Å². The van der Waals surface area contributed by atoms with Crippen molar-refractivity contribution >= 4 is 39.6 Å². The lowest BCUT2D eigenvalue weighted by Gasteiger charge is -2.28. The smallest absolute Gasteiger partial charge is 0.349 e. The number of hydrogen-bond acceptors (Lipinski definition) is 8. The molecule has 3 aromatic rings. The lowest BCUT2D eigenvalue weighted by Crippen LogP contribution is -2.35. The molecule has 1 aromatic heterocycles.